The highest BCUT2D eigenvalue weighted by molar-refractivity contribution is 7.16. The van der Waals surface area contributed by atoms with Crippen molar-refractivity contribution in [3.05, 3.63) is 46.9 Å². The Bertz CT molecular complexity index is 711. The first-order valence-electron chi connectivity index (χ1n) is 5.32. The van der Waals surface area contributed by atoms with Gasteiger partial charge < -0.3 is 10.4 Å². The lowest BCUT2D eigenvalue weighted by atomic mass is 10.2. The number of para-hydroxylation sites is 1. The van der Waals surface area contributed by atoms with E-state index < -0.39 is 0 Å². The van der Waals surface area contributed by atoms with Crippen molar-refractivity contribution in [2.24, 2.45) is 0 Å². The van der Waals surface area contributed by atoms with Crippen molar-refractivity contribution in [1.82, 2.24) is 4.98 Å². The molecular formula is C13H9ClN2OS. The molecule has 0 bridgehead atoms. The van der Waals surface area contributed by atoms with Gasteiger partial charge >= 0.3 is 0 Å². The van der Waals surface area contributed by atoms with Gasteiger partial charge in [-0.3, -0.25) is 0 Å². The minimum absolute atomic E-state index is 0.160. The van der Waals surface area contributed by atoms with Crippen LogP contribution >= 0.6 is 22.9 Å². The molecule has 0 spiro atoms. The summed E-state index contributed by atoms with van der Waals surface area (Å²) >= 11 is 7.60. The van der Waals surface area contributed by atoms with Crippen molar-refractivity contribution in [2.75, 3.05) is 5.32 Å². The van der Waals surface area contributed by atoms with Gasteiger partial charge in [-0.25, -0.2) is 4.98 Å². The summed E-state index contributed by atoms with van der Waals surface area (Å²) in [5.41, 5.74) is 3.93. The lowest BCUT2D eigenvalue weighted by molar-refractivity contribution is 0.478. The molecule has 0 amide bonds. The third kappa shape index (κ3) is 2.00. The molecule has 18 heavy (non-hydrogen) atoms. The zero-order valence-corrected chi connectivity index (χ0v) is 10.8. The number of phenols is 1. The summed E-state index contributed by atoms with van der Waals surface area (Å²) in [7, 11) is 0. The Labute approximate surface area is 113 Å². The van der Waals surface area contributed by atoms with E-state index in [9.17, 15) is 5.11 Å². The molecule has 1 heterocycles. The summed E-state index contributed by atoms with van der Waals surface area (Å²) in [5.74, 6) is 0.160. The van der Waals surface area contributed by atoms with E-state index in [0.717, 1.165) is 15.9 Å². The molecule has 2 N–H and O–H groups in total. The smallest absolute Gasteiger partial charge is 0.141 e. The van der Waals surface area contributed by atoms with Gasteiger partial charge in [0.25, 0.3) is 0 Å². The monoisotopic (exact) mass is 276 g/mol. The average Bonchev–Trinajstić information content (AvgIpc) is 2.79. The summed E-state index contributed by atoms with van der Waals surface area (Å²) in [6.07, 6.45) is 0. The van der Waals surface area contributed by atoms with Crippen LogP contribution in [-0.2, 0) is 0 Å². The maximum atomic E-state index is 9.94. The van der Waals surface area contributed by atoms with E-state index in [1.165, 1.54) is 11.3 Å². The van der Waals surface area contributed by atoms with Gasteiger partial charge in [0.2, 0.25) is 0 Å². The normalized spacial score (nSPS) is 10.7. The second-order valence-electron chi connectivity index (χ2n) is 3.79. The molecule has 3 aromatic rings. The van der Waals surface area contributed by atoms with Gasteiger partial charge in [-0.15, -0.1) is 11.3 Å². The van der Waals surface area contributed by atoms with Crippen molar-refractivity contribution in [3.63, 3.8) is 0 Å². The highest BCUT2D eigenvalue weighted by Gasteiger charge is 2.07. The highest BCUT2D eigenvalue weighted by atomic mass is 35.5. The molecule has 0 saturated heterocycles. The van der Waals surface area contributed by atoms with E-state index in [-0.39, 0.29) is 5.75 Å². The number of aromatic nitrogens is 1. The molecule has 1 aromatic heterocycles. The van der Waals surface area contributed by atoms with Crippen LogP contribution in [0.3, 0.4) is 0 Å². The largest absolute Gasteiger partial charge is 0.506 e. The second-order valence-corrected chi connectivity index (χ2v) is 5.09. The maximum Gasteiger partial charge on any atom is 0.141 e. The summed E-state index contributed by atoms with van der Waals surface area (Å²) in [5, 5.41) is 13.7. The predicted molar refractivity (Wildman–Crippen MR) is 76.0 cm³/mol. The van der Waals surface area contributed by atoms with Crippen LogP contribution in [0.25, 0.3) is 10.2 Å². The number of thiazole rings is 1. The second kappa shape index (κ2) is 4.48. The molecule has 5 heteroatoms. The number of aromatic hydroxyl groups is 1. The van der Waals surface area contributed by atoms with Crippen molar-refractivity contribution in [1.29, 1.82) is 0 Å². The molecule has 3 nitrogen and oxygen atoms in total. The summed E-state index contributed by atoms with van der Waals surface area (Å²) in [4.78, 5) is 4.15. The molecule has 0 aliphatic heterocycles. The summed E-state index contributed by atoms with van der Waals surface area (Å²) in [6, 6.07) is 10.9. The van der Waals surface area contributed by atoms with E-state index in [0.29, 0.717) is 10.7 Å². The number of halogens is 1. The standard InChI is InChI=1S/C13H9ClN2OS/c14-8-3-1-2-4-9(8)16-10-6-13-11(5-12(10)17)15-7-18-13/h1-7,16-17H. The van der Waals surface area contributed by atoms with Crippen LogP contribution in [0.5, 0.6) is 5.75 Å². The summed E-state index contributed by atoms with van der Waals surface area (Å²) in [6.45, 7) is 0. The third-order valence-electron chi connectivity index (χ3n) is 2.59. The number of nitrogens with one attached hydrogen (secondary N) is 1. The maximum absolute atomic E-state index is 9.94. The van der Waals surface area contributed by atoms with Crippen LogP contribution in [0.2, 0.25) is 5.02 Å². The van der Waals surface area contributed by atoms with E-state index in [1.807, 2.05) is 24.3 Å². The number of fused-ring (bicyclic) bond motifs is 1. The van der Waals surface area contributed by atoms with E-state index in [1.54, 1.807) is 17.6 Å². The fourth-order valence-corrected chi connectivity index (χ4v) is 2.58. The quantitative estimate of drug-likeness (QED) is 0.682. The van der Waals surface area contributed by atoms with Gasteiger partial charge in [-0.1, -0.05) is 23.7 Å². The molecule has 3 rings (SSSR count). The van der Waals surface area contributed by atoms with Crippen LogP contribution in [-0.4, -0.2) is 10.1 Å². The Kier molecular flexibility index (Phi) is 2.81. The Hall–Kier alpha value is -1.78. The van der Waals surface area contributed by atoms with Gasteiger partial charge in [0.1, 0.15) is 5.75 Å². The fraction of sp³-hybridized carbons (Fsp3) is 0. The van der Waals surface area contributed by atoms with Crippen molar-refractivity contribution in [2.45, 2.75) is 0 Å². The van der Waals surface area contributed by atoms with Crippen LogP contribution < -0.4 is 5.32 Å². The number of nitrogens with zero attached hydrogens (tertiary/aromatic N) is 1. The minimum Gasteiger partial charge on any atom is -0.506 e. The first-order chi connectivity index (χ1) is 8.74. The lowest BCUT2D eigenvalue weighted by Crippen LogP contribution is -1.91. The van der Waals surface area contributed by atoms with E-state index in [2.05, 4.69) is 10.3 Å². The van der Waals surface area contributed by atoms with Gasteiger partial charge in [0, 0.05) is 6.07 Å². The zero-order chi connectivity index (χ0) is 12.5. The molecule has 0 aliphatic rings. The minimum atomic E-state index is 0.160. The number of hydrogen-bond donors (Lipinski definition) is 2. The Balaban J connectivity index is 2.04. The van der Waals surface area contributed by atoms with Gasteiger partial charge in [-0.05, 0) is 18.2 Å². The van der Waals surface area contributed by atoms with Crippen LogP contribution in [0, 0.1) is 0 Å². The molecule has 0 atom stereocenters. The SMILES string of the molecule is Oc1cc2ncsc2cc1Nc1ccccc1Cl. The molecule has 0 fully saturated rings. The Morgan fingerprint density at radius 3 is 2.83 bits per heavy atom. The first-order valence-corrected chi connectivity index (χ1v) is 6.57. The molecule has 0 radical (unpaired) electrons. The lowest BCUT2D eigenvalue weighted by Gasteiger charge is -2.09. The topological polar surface area (TPSA) is 45.2 Å². The molecule has 0 aliphatic carbocycles. The third-order valence-corrected chi connectivity index (χ3v) is 3.71. The van der Waals surface area contributed by atoms with Crippen LogP contribution in [0.4, 0.5) is 11.4 Å². The number of anilines is 2. The first kappa shape index (κ1) is 11.3. The number of phenolic OH excluding ortho intramolecular Hbond substituents is 1. The number of hydrogen-bond acceptors (Lipinski definition) is 4. The number of rotatable bonds is 2. The Morgan fingerprint density at radius 1 is 1.17 bits per heavy atom. The molecule has 0 unspecified atom stereocenters. The molecule has 2 aromatic carbocycles. The highest BCUT2D eigenvalue weighted by Crippen LogP contribution is 2.34. The fourth-order valence-electron chi connectivity index (χ4n) is 1.70. The molecule has 0 saturated carbocycles. The predicted octanol–water partition coefficient (Wildman–Crippen LogP) is 4.40. The van der Waals surface area contributed by atoms with E-state index in [4.69, 9.17) is 11.6 Å². The zero-order valence-electron chi connectivity index (χ0n) is 9.22. The Morgan fingerprint density at radius 2 is 2.00 bits per heavy atom. The van der Waals surface area contributed by atoms with Gasteiger partial charge in [-0.2, -0.15) is 0 Å². The van der Waals surface area contributed by atoms with Crippen molar-refractivity contribution in [3.8, 4) is 5.75 Å². The van der Waals surface area contributed by atoms with Crippen LogP contribution in [0.1, 0.15) is 0 Å². The molecule has 90 valence electrons. The summed E-state index contributed by atoms with van der Waals surface area (Å²) < 4.78 is 1.02. The molecular weight excluding hydrogens is 268 g/mol. The van der Waals surface area contributed by atoms with Gasteiger partial charge in [0.05, 0.1) is 32.1 Å². The van der Waals surface area contributed by atoms with Crippen LogP contribution in [0.15, 0.2) is 41.9 Å². The van der Waals surface area contributed by atoms with Gasteiger partial charge in [0.15, 0.2) is 0 Å². The number of benzene rings is 2. The van der Waals surface area contributed by atoms with Crippen molar-refractivity contribution < 1.29 is 5.11 Å². The van der Waals surface area contributed by atoms with Crippen molar-refractivity contribution >= 4 is 44.5 Å². The van der Waals surface area contributed by atoms with E-state index >= 15 is 0 Å². The average molecular weight is 277 g/mol.